The SMILES string of the molecule is Cn1c(=O)c2cc(NC(=O)CC3CC4CCC3C4)cnc2n(C)c1=O. The Hall–Kier alpha value is -2.44. The summed E-state index contributed by atoms with van der Waals surface area (Å²) in [5, 5.41) is 3.19. The number of pyridine rings is 1. The predicted octanol–water partition coefficient (Wildman–Crippen LogP) is 1.40. The molecular formula is C18H22N4O3. The third-order valence-corrected chi connectivity index (χ3v) is 5.91. The van der Waals surface area contributed by atoms with Crippen molar-refractivity contribution in [2.45, 2.75) is 32.1 Å². The zero-order chi connectivity index (χ0) is 17.7. The maximum Gasteiger partial charge on any atom is 0.332 e. The van der Waals surface area contributed by atoms with E-state index in [-0.39, 0.29) is 5.91 Å². The van der Waals surface area contributed by atoms with E-state index in [0.717, 1.165) is 16.9 Å². The lowest BCUT2D eigenvalue weighted by atomic mass is 9.86. The van der Waals surface area contributed by atoms with Gasteiger partial charge < -0.3 is 5.32 Å². The topological polar surface area (TPSA) is 86.0 Å². The van der Waals surface area contributed by atoms with E-state index in [4.69, 9.17) is 0 Å². The van der Waals surface area contributed by atoms with Crippen LogP contribution < -0.4 is 16.6 Å². The summed E-state index contributed by atoms with van der Waals surface area (Å²) in [6, 6.07) is 1.60. The molecule has 0 radical (unpaired) electrons. The van der Waals surface area contributed by atoms with Gasteiger partial charge in [0.05, 0.1) is 17.3 Å². The molecule has 0 saturated heterocycles. The van der Waals surface area contributed by atoms with Crippen molar-refractivity contribution < 1.29 is 4.79 Å². The van der Waals surface area contributed by atoms with E-state index in [9.17, 15) is 14.4 Å². The first-order valence-electron chi connectivity index (χ1n) is 8.79. The number of amides is 1. The number of nitrogens with zero attached hydrogens (tertiary/aromatic N) is 3. The Morgan fingerprint density at radius 3 is 2.72 bits per heavy atom. The predicted molar refractivity (Wildman–Crippen MR) is 94.4 cm³/mol. The lowest BCUT2D eigenvalue weighted by Crippen LogP contribution is -2.37. The Bertz CT molecular complexity index is 975. The third kappa shape index (κ3) is 2.67. The molecule has 7 heteroatoms. The molecule has 4 rings (SSSR count). The average molecular weight is 342 g/mol. The Balaban J connectivity index is 1.57. The molecule has 7 nitrogen and oxygen atoms in total. The van der Waals surface area contributed by atoms with Crippen molar-refractivity contribution in [2.75, 3.05) is 5.32 Å². The summed E-state index contributed by atoms with van der Waals surface area (Å²) in [6.45, 7) is 0. The number of rotatable bonds is 3. The number of nitrogens with one attached hydrogen (secondary N) is 1. The van der Waals surface area contributed by atoms with Crippen molar-refractivity contribution in [2.24, 2.45) is 31.8 Å². The molecule has 1 amide bonds. The Morgan fingerprint density at radius 2 is 2.04 bits per heavy atom. The van der Waals surface area contributed by atoms with Gasteiger partial charge in [-0.15, -0.1) is 0 Å². The zero-order valence-corrected chi connectivity index (χ0v) is 14.5. The highest BCUT2D eigenvalue weighted by Gasteiger charge is 2.40. The van der Waals surface area contributed by atoms with Gasteiger partial charge in [0.25, 0.3) is 5.56 Å². The number of aryl methyl sites for hydroxylation is 1. The number of carbonyl (C=O) groups is 1. The maximum absolute atomic E-state index is 12.4. The largest absolute Gasteiger partial charge is 0.332 e. The Kier molecular flexibility index (Phi) is 3.74. The van der Waals surface area contributed by atoms with Gasteiger partial charge >= 0.3 is 5.69 Å². The summed E-state index contributed by atoms with van der Waals surface area (Å²) >= 11 is 0. The van der Waals surface area contributed by atoms with Crippen molar-refractivity contribution in [1.29, 1.82) is 0 Å². The second-order valence-corrected chi connectivity index (χ2v) is 7.49. The molecule has 0 aliphatic heterocycles. The van der Waals surface area contributed by atoms with Crippen LogP contribution in [0.3, 0.4) is 0 Å². The van der Waals surface area contributed by atoms with Crippen LogP contribution in [0.1, 0.15) is 32.1 Å². The minimum Gasteiger partial charge on any atom is -0.325 e. The van der Waals surface area contributed by atoms with E-state index in [1.165, 1.54) is 37.1 Å². The van der Waals surface area contributed by atoms with Gasteiger partial charge in [-0.3, -0.25) is 18.7 Å². The summed E-state index contributed by atoms with van der Waals surface area (Å²) < 4.78 is 2.38. The molecule has 2 saturated carbocycles. The van der Waals surface area contributed by atoms with Gasteiger partial charge in [0, 0.05) is 20.5 Å². The quantitative estimate of drug-likeness (QED) is 0.913. The van der Waals surface area contributed by atoms with Crippen molar-refractivity contribution >= 4 is 22.6 Å². The van der Waals surface area contributed by atoms with Crippen LogP contribution in [-0.2, 0) is 18.9 Å². The number of hydrogen-bond acceptors (Lipinski definition) is 4. The number of carbonyl (C=O) groups excluding carboxylic acids is 1. The highest BCUT2D eigenvalue weighted by atomic mass is 16.2. The van der Waals surface area contributed by atoms with Crippen LogP contribution in [0.2, 0.25) is 0 Å². The minimum absolute atomic E-state index is 0.0275. The molecule has 3 unspecified atom stereocenters. The van der Waals surface area contributed by atoms with Crippen LogP contribution in [0.4, 0.5) is 5.69 Å². The third-order valence-electron chi connectivity index (χ3n) is 5.91. The van der Waals surface area contributed by atoms with Crippen LogP contribution >= 0.6 is 0 Å². The van der Waals surface area contributed by atoms with Gasteiger partial charge in [0.2, 0.25) is 5.91 Å². The molecular weight excluding hydrogens is 320 g/mol. The summed E-state index contributed by atoms with van der Waals surface area (Å²) in [7, 11) is 3.01. The van der Waals surface area contributed by atoms with Gasteiger partial charge in [0.15, 0.2) is 0 Å². The molecule has 2 aromatic heterocycles. The lowest BCUT2D eigenvalue weighted by Gasteiger charge is -2.20. The van der Waals surface area contributed by atoms with Gasteiger partial charge in [-0.25, -0.2) is 9.78 Å². The fourth-order valence-corrected chi connectivity index (χ4v) is 4.61. The summed E-state index contributed by atoms with van der Waals surface area (Å²) in [5.74, 6) is 1.97. The van der Waals surface area contributed by atoms with Gasteiger partial charge in [0.1, 0.15) is 5.65 Å². The van der Waals surface area contributed by atoms with Gasteiger partial charge in [-0.1, -0.05) is 6.42 Å². The summed E-state index contributed by atoms with van der Waals surface area (Å²) in [6.07, 6.45) is 7.05. The maximum atomic E-state index is 12.4. The molecule has 2 bridgehead atoms. The van der Waals surface area contributed by atoms with Gasteiger partial charge in [-0.2, -0.15) is 0 Å². The van der Waals surface area contributed by atoms with Crippen molar-refractivity contribution in [3.63, 3.8) is 0 Å². The molecule has 2 fully saturated rings. The molecule has 1 N–H and O–H groups in total. The van der Waals surface area contributed by atoms with E-state index in [2.05, 4.69) is 10.3 Å². The molecule has 132 valence electrons. The fraction of sp³-hybridized carbons (Fsp3) is 0.556. The van der Waals surface area contributed by atoms with Crippen LogP contribution in [0.25, 0.3) is 11.0 Å². The second-order valence-electron chi connectivity index (χ2n) is 7.49. The smallest absolute Gasteiger partial charge is 0.325 e. The Morgan fingerprint density at radius 1 is 1.24 bits per heavy atom. The van der Waals surface area contributed by atoms with Crippen molar-refractivity contribution in [1.82, 2.24) is 14.1 Å². The molecule has 3 atom stereocenters. The first kappa shape index (κ1) is 16.1. The molecule has 2 aliphatic rings. The van der Waals surface area contributed by atoms with E-state index >= 15 is 0 Å². The second kappa shape index (κ2) is 5.82. The standard InChI is InChI=1S/C18H22N4O3/c1-21-16-14(17(24)22(2)18(21)25)8-13(9-19-16)20-15(23)7-12-6-10-3-4-11(12)5-10/h8-12H,3-7H2,1-2H3,(H,20,23). The molecule has 2 heterocycles. The molecule has 2 aromatic rings. The first-order chi connectivity index (χ1) is 11.9. The van der Waals surface area contributed by atoms with Crippen LogP contribution in [0, 0.1) is 17.8 Å². The average Bonchev–Trinajstić information content (AvgIpc) is 3.20. The monoisotopic (exact) mass is 342 g/mol. The normalized spacial score (nSPS) is 24.8. The van der Waals surface area contributed by atoms with Crippen LogP contribution in [0.15, 0.2) is 21.9 Å². The van der Waals surface area contributed by atoms with Crippen LogP contribution in [0.5, 0.6) is 0 Å². The number of hydrogen-bond donors (Lipinski definition) is 1. The van der Waals surface area contributed by atoms with Crippen molar-refractivity contribution in [3.8, 4) is 0 Å². The minimum atomic E-state index is -0.418. The highest BCUT2D eigenvalue weighted by molar-refractivity contribution is 5.92. The molecule has 2 aliphatic carbocycles. The molecule has 0 aromatic carbocycles. The number of anilines is 1. The highest BCUT2D eigenvalue weighted by Crippen LogP contribution is 2.49. The number of fused-ring (bicyclic) bond motifs is 3. The zero-order valence-electron chi connectivity index (χ0n) is 14.5. The van der Waals surface area contributed by atoms with E-state index in [1.807, 2.05) is 0 Å². The summed E-state index contributed by atoms with van der Waals surface area (Å²) in [4.78, 5) is 40.8. The molecule has 25 heavy (non-hydrogen) atoms. The Labute approximate surface area is 144 Å². The number of aromatic nitrogens is 3. The van der Waals surface area contributed by atoms with Gasteiger partial charge in [-0.05, 0) is 43.1 Å². The lowest BCUT2D eigenvalue weighted by molar-refractivity contribution is -0.117. The van der Waals surface area contributed by atoms with E-state index in [0.29, 0.717) is 35.0 Å². The summed E-state index contributed by atoms with van der Waals surface area (Å²) in [5.41, 5.74) is -0.0107. The molecule has 0 spiro atoms. The fourth-order valence-electron chi connectivity index (χ4n) is 4.61. The van der Waals surface area contributed by atoms with Crippen LogP contribution in [-0.4, -0.2) is 20.0 Å². The first-order valence-corrected chi connectivity index (χ1v) is 8.79. The van der Waals surface area contributed by atoms with Crippen molar-refractivity contribution in [3.05, 3.63) is 33.1 Å². The van der Waals surface area contributed by atoms with E-state index in [1.54, 1.807) is 13.1 Å². The van der Waals surface area contributed by atoms with E-state index < -0.39 is 11.2 Å².